The van der Waals surface area contributed by atoms with Crippen LogP contribution in [0.15, 0.2) is 0 Å². The van der Waals surface area contributed by atoms with Crippen LogP contribution < -0.4 is 0 Å². The molecule has 3 nitrogen and oxygen atoms in total. The molecule has 4 atom stereocenters. The lowest BCUT2D eigenvalue weighted by molar-refractivity contribution is -0.157. The monoisotopic (exact) mass is 226 g/mol. The summed E-state index contributed by atoms with van der Waals surface area (Å²) < 4.78 is 0. The Kier molecular flexibility index (Phi) is 3.24. The average Bonchev–Trinajstić information content (AvgIpc) is 2.77. The smallest absolute Gasteiger partial charge is 0.309 e. The molecule has 3 heteroatoms. The van der Waals surface area contributed by atoms with Crippen molar-refractivity contribution < 1.29 is 15.0 Å². The molecule has 0 heterocycles. The third-order valence-electron chi connectivity index (χ3n) is 4.61. The summed E-state index contributed by atoms with van der Waals surface area (Å²) in [5.41, 5.74) is -0.899. The van der Waals surface area contributed by atoms with Crippen molar-refractivity contribution in [3.8, 4) is 0 Å². The van der Waals surface area contributed by atoms with Crippen LogP contribution in [0, 0.1) is 17.8 Å². The Balaban J connectivity index is 2.10. The summed E-state index contributed by atoms with van der Waals surface area (Å²) in [5, 5.41) is 20.0. The quantitative estimate of drug-likeness (QED) is 0.757. The molecule has 0 radical (unpaired) electrons. The van der Waals surface area contributed by atoms with Crippen LogP contribution in [-0.2, 0) is 4.79 Å². The summed E-state index contributed by atoms with van der Waals surface area (Å²) in [6.07, 6.45) is 6.51. The van der Waals surface area contributed by atoms with E-state index in [4.69, 9.17) is 0 Å². The van der Waals surface area contributed by atoms with Crippen LogP contribution in [0.2, 0.25) is 0 Å². The third kappa shape index (κ3) is 1.86. The first-order valence-electron chi connectivity index (χ1n) is 6.53. The lowest BCUT2D eigenvalue weighted by atomic mass is 9.73. The highest BCUT2D eigenvalue weighted by atomic mass is 16.4. The van der Waals surface area contributed by atoms with Gasteiger partial charge < -0.3 is 10.2 Å². The standard InChI is InChI=1S/C13H22O3/c1-2-3-4-11(12(14)15)13(16)8-9-5-6-10(13)7-9/h9-11,16H,2-8H2,1H3,(H,14,15). The molecule has 2 rings (SSSR count). The highest BCUT2D eigenvalue weighted by molar-refractivity contribution is 5.71. The average molecular weight is 226 g/mol. The number of hydrogen-bond donors (Lipinski definition) is 2. The molecule has 0 aromatic heterocycles. The molecule has 2 aliphatic carbocycles. The van der Waals surface area contributed by atoms with E-state index < -0.39 is 17.5 Å². The molecule has 0 spiro atoms. The van der Waals surface area contributed by atoms with Crippen molar-refractivity contribution in [3.63, 3.8) is 0 Å². The molecular formula is C13H22O3. The van der Waals surface area contributed by atoms with Gasteiger partial charge in [0.1, 0.15) is 0 Å². The fourth-order valence-electron chi connectivity index (χ4n) is 3.77. The maximum atomic E-state index is 11.3. The van der Waals surface area contributed by atoms with Crippen LogP contribution >= 0.6 is 0 Å². The van der Waals surface area contributed by atoms with Crippen molar-refractivity contribution in [1.82, 2.24) is 0 Å². The zero-order chi connectivity index (χ0) is 11.8. The molecule has 2 bridgehead atoms. The Morgan fingerprint density at radius 1 is 1.50 bits per heavy atom. The predicted molar refractivity (Wildman–Crippen MR) is 61.0 cm³/mol. The first kappa shape index (κ1) is 11.9. The Labute approximate surface area is 96.9 Å². The normalized spacial score (nSPS) is 38.9. The second kappa shape index (κ2) is 4.36. The minimum Gasteiger partial charge on any atom is -0.481 e. The van der Waals surface area contributed by atoms with Gasteiger partial charge >= 0.3 is 5.97 Å². The molecule has 2 N–H and O–H groups in total. The molecular weight excluding hydrogens is 204 g/mol. The molecule has 4 unspecified atom stereocenters. The summed E-state index contributed by atoms with van der Waals surface area (Å²) in [6.45, 7) is 2.06. The van der Waals surface area contributed by atoms with Gasteiger partial charge in [-0.1, -0.05) is 19.8 Å². The fourth-order valence-corrected chi connectivity index (χ4v) is 3.77. The van der Waals surface area contributed by atoms with Gasteiger partial charge in [0.15, 0.2) is 0 Å². The predicted octanol–water partition coefficient (Wildman–Crippen LogP) is 2.43. The largest absolute Gasteiger partial charge is 0.481 e. The Hall–Kier alpha value is -0.570. The number of carboxylic acids is 1. The van der Waals surface area contributed by atoms with Crippen molar-refractivity contribution in [2.45, 2.75) is 57.5 Å². The number of carbonyl (C=O) groups is 1. The minimum atomic E-state index is -0.899. The van der Waals surface area contributed by atoms with Gasteiger partial charge in [-0.3, -0.25) is 4.79 Å². The molecule has 0 amide bonds. The van der Waals surface area contributed by atoms with E-state index in [1.165, 1.54) is 6.42 Å². The van der Waals surface area contributed by atoms with Gasteiger partial charge in [-0.05, 0) is 43.9 Å². The second-order valence-electron chi connectivity index (χ2n) is 5.60. The highest BCUT2D eigenvalue weighted by Crippen LogP contribution is 2.54. The fraction of sp³-hybridized carbons (Fsp3) is 0.923. The Morgan fingerprint density at radius 2 is 2.25 bits per heavy atom. The molecule has 16 heavy (non-hydrogen) atoms. The SMILES string of the molecule is CCCCC(C(=O)O)C1(O)CC2CCC1C2. The lowest BCUT2D eigenvalue weighted by Crippen LogP contribution is -2.46. The number of carboxylic acid groups (broad SMARTS) is 1. The van der Waals surface area contributed by atoms with Crippen LogP contribution in [0.25, 0.3) is 0 Å². The minimum absolute atomic E-state index is 0.246. The molecule has 0 saturated heterocycles. The van der Waals surface area contributed by atoms with Crippen molar-refractivity contribution in [1.29, 1.82) is 0 Å². The molecule has 92 valence electrons. The van der Waals surface area contributed by atoms with Gasteiger partial charge in [-0.2, -0.15) is 0 Å². The van der Waals surface area contributed by atoms with E-state index in [-0.39, 0.29) is 5.92 Å². The maximum absolute atomic E-state index is 11.3. The van der Waals surface area contributed by atoms with Gasteiger partial charge in [-0.15, -0.1) is 0 Å². The van der Waals surface area contributed by atoms with Crippen LogP contribution in [-0.4, -0.2) is 21.8 Å². The van der Waals surface area contributed by atoms with Crippen molar-refractivity contribution in [3.05, 3.63) is 0 Å². The number of rotatable bonds is 5. The Morgan fingerprint density at radius 3 is 2.69 bits per heavy atom. The second-order valence-corrected chi connectivity index (χ2v) is 5.60. The van der Waals surface area contributed by atoms with Gasteiger partial charge in [0, 0.05) is 0 Å². The van der Waals surface area contributed by atoms with Gasteiger partial charge in [0.05, 0.1) is 11.5 Å². The van der Waals surface area contributed by atoms with Gasteiger partial charge in [0.25, 0.3) is 0 Å². The first-order chi connectivity index (χ1) is 7.58. The molecule has 2 aliphatic rings. The summed E-state index contributed by atoms with van der Waals surface area (Å²) in [6, 6.07) is 0. The van der Waals surface area contributed by atoms with Crippen molar-refractivity contribution >= 4 is 5.97 Å². The summed E-state index contributed by atoms with van der Waals surface area (Å²) in [7, 11) is 0. The van der Waals surface area contributed by atoms with Crippen molar-refractivity contribution in [2.75, 3.05) is 0 Å². The van der Waals surface area contributed by atoms with Crippen LogP contribution in [0.5, 0.6) is 0 Å². The van der Waals surface area contributed by atoms with E-state index >= 15 is 0 Å². The zero-order valence-electron chi connectivity index (χ0n) is 9.98. The van der Waals surface area contributed by atoms with Gasteiger partial charge in [-0.25, -0.2) is 0 Å². The topological polar surface area (TPSA) is 57.5 Å². The van der Waals surface area contributed by atoms with Crippen molar-refractivity contribution in [2.24, 2.45) is 17.8 Å². The zero-order valence-corrected chi connectivity index (χ0v) is 9.98. The van der Waals surface area contributed by atoms with E-state index in [1.807, 2.05) is 0 Å². The summed E-state index contributed by atoms with van der Waals surface area (Å²) in [4.78, 5) is 11.3. The molecule has 0 aromatic carbocycles. The number of hydrogen-bond acceptors (Lipinski definition) is 2. The van der Waals surface area contributed by atoms with Gasteiger partial charge in [0.2, 0.25) is 0 Å². The van der Waals surface area contributed by atoms with E-state index in [1.54, 1.807) is 0 Å². The molecule has 2 saturated carbocycles. The molecule has 2 fully saturated rings. The van der Waals surface area contributed by atoms with E-state index in [2.05, 4.69) is 6.92 Å². The van der Waals surface area contributed by atoms with E-state index in [0.29, 0.717) is 12.3 Å². The van der Waals surface area contributed by atoms with E-state index in [0.717, 1.165) is 32.1 Å². The Bertz CT molecular complexity index is 276. The lowest BCUT2D eigenvalue weighted by Gasteiger charge is -2.37. The highest BCUT2D eigenvalue weighted by Gasteiger charge is 2.55. The van der Waals surface area contributed by atoms with Crippen LogP contribution in [0.4, 0.5) is 0 Å². The van der Waals surface area contributed by atoms with Crippen LogP contribution in [0.1, 0.15) is 51.9 Å². The number of fused-ring (bicyclic) bond motifs is 2. The number of unbranched alkanes of at least 4 members (excludes halogenated alkanes) is 1. The van der Waals surface area contributed by atoms with Crippen LogP contribution in [0.3, 0.4) is 0 Å². The first-order valence-corrected chi connectivity index (χ1v) is 6.53. The summed E-state index contributed by atoms with van der Waals surface area (Å²) in [5.74, 6) is -0.514. The summed E-state index contributed by atoms with van der Waals surface area (Å²) >= 11 is 0. The molecule has 0 aromatic rings. The number of aliphatic carboxylic acids is 1. The number of aliphatic hydroxyl groups is 1. The van der Waals surface area contributed by atoms with E-state index in [9.17, 15) is 15.0 Å². The third-order valence-corrected chi connectivity index (χ3v) is 4.61. The molecule has 0 aliphatic heterocycles. The maximum Gasteiger partial charge on any atom is 0.309 e.